The maximum atomic E-state index is 12.5. The molecule has 0 aliphatic rings. The normalized spacial score (nSPS) is 11.4. The van der Waals surface area contributed by atoms with E-state index in [0.717, 1.165) is 18.0 Å². The number of anilines is 2. The average Bonchev–Trinajstić information content (AvgIpc) is 2.96. The zero-order chi connectivity index (χ0) is 15.6. The lowest BCUT2D eigenvalue weighted by Crippen LogP contribution is -2.07. The summed E-state index contributed by atoms with van der Waals surface area (Å²) in [5, 5.41) is 7.23. The summed E-state index contributed by atoms with van der Waals surface area (Å²) in [4.78, 5) is 7.74. The van der Waals surface area contributed by atoms with Crippen molar-refractivity contribution < 1.29 is 13.2 Å². The molecule has 8 heteroatoms. The number of nitrogens with one attached hydrogen (secondary N) is 1. The van der Waals surface area contributed by atoms with Crippen LogP contribution < -0.4 is 5.32 Å². The summed E-state index contributed by atoms with van der Waals surface area (Å²) in [5.74, 6) is 0.835. The Bertz CT molecular complexity index is 750. The molecule has 0 amide bonds. The number of hydrogen-bond acceptors (Lipinski definition) is 4. The highest BCUT2D eigenvalue weighted by atomic mass is 19.4. The number of alkyl halides is 3. The van der Waals surface area contributed by atoms with E-state index in [1.165, 1.54) is 10.7 Å². The molecule has 0 radical (unpaired) electrons. The van der Waals surface area contributed by atoms with E-state index in [2.05, 4.69) is 20.4 Å². The van der Waals surface area contributed by atoms with E-state index >= 15 is 0 Å². The van der Waals surface area contributed by atoms with Crippen molar-refractivity contribution in [2.24, 2.45) is 0 Å². The van der Waals surface area contributed by atoms with Gasteiger partial charge in [-0.15, -0.1) is 5.10 Å². The third-order valence-corrected chi connectivity index (χ3v) is 2.83. The van der Waals surface area contributed by atoms with Crippen LogP contribution in [0, 0.1) is 0 Å². The molecule has 0 aliphatic carbocycles. The van der Waals surface area contributed by atoms with Gasteiger partial charge in [0.05, 0.1) is 17.4 Å². The topological polar surface area (TPSA) is 55.6 Å². The lowest BCUT2D eigenvalue weighted by molar-refractivity contribution is -0.137. The summed E-state index contributed by atoms with van der Waals surface area (Å²) >= 11 is 0. The van der Waals surface area contributed by atoms with Crippen LogP contribution in [-0.4, -0.2) is 19.7 Å². The Labute approximate surface area is 123 Å². The third-order valence-electron chi connectivity index (χ3n) is 2.83. The third kappa shape index (κ3) is 3.05. The molecule has 22 heavy (non-hydrogen) atoms. The molecule has 0 saturated heterocycles. The van der Waals surface area contributed by atoms with E-state index in [1.807, 2.05) is 6.07 Å². The number of aromatic nitrogens is 4. The predicted molar refractivity (Wildman–Crippen MR) is 73.9 cm³/mol. The maximum absolute atomic E-state index is 12.5. The van der Waals surface area contributed by atoms with Gasteiger partial charge in [0, 0.05) is 24.7 Å². The first-order valence-electron chi connectivity index (χ1n) is 6.29. The van der Waals surface area contributed by atoms with Crippen LogP contribution in [0.1, 0.15) is 5.56 Å². The summed E-state index contributed by atoms with van der Waals surface area (Å²) in [5.41, 5.74) is -0.0368. The van der Waals surface area contributed by atoms with Gasteiger partial charge in [-0.2, -0.15) is 13.2 Å². The number of halogens is 3. The number of hydrogen-bond donors (Lipinski definition) is 1. The molecular weight excluding hydrogens is 295 g/mol. The van der Waals surface area contributed by atoms with Gasteiger partial charge in [0.2, 0.25) is 0 Å². The largest absolute Gasteiger partial charge is 0.417 e. The summed E-state index contributed by atoms with van der Waals surface area (Å²) in [6.45, 7) is 0. The fourth-order valence-electron chi connectivity index (χ4n) is 1.79. The highest BCUT2D eigenvalue weighted by molar-refractivity contribution is 5.54. The highest BCUT2D eigenvalue weighted by Crippen LogP contribution is 2.28. The molecule has 3 aromatic rings. The Balaban J connectivity index is 1.79. The summed E-state index contributed by atoms with van der Waals surface area (Å²) in [6.07, 6.45) is 1.27. The number of pyridine rings is 2. The van der Waals surface area contributed by atoms with Crippen molar-refractivity contribution >= 4 is 11.5 Å². The van der Waals surface area contributed by atoms with Crippen molar-refractivity contribution in [3.63, 3.8) is 0 Å². The molecule has 0 unspecified atom stereocenters. The van der Waals surface area contributed by atoms with Crippen LogP contribution in [0.25, 0.3) is 5.82 Å². The first-order valence-corrected chi connectivity index (χ1v) is 6.29. The van der Waals surface area contributed by atoms with Gasteiger partial charge < -0.3 is 5.32 Å². The van der Waals surface area contributed by atoms with Crippen molar-refractivity contribution in [3.8, 4) is 5.82 Å². The average molecular weight is 305 g/mol. The van der Waals surface area contributed by atoms with Crippen LogP contribution in [0.15, 0.2) is 55.1 Å². The molecule has 0 saturated carbocycles. The molecule has 1 N–H and O–H groups in total. The van der Waals surface area contributed by atoms with Crippen molar-refractivity contribution in [2.45, 2.75) is 6.18 Å². The second-order valence-corrected chi connectivity index (χ2v) is 4.42. The first kappa shape index (κ1) is 14.1. The Morgan fingerprint density at radius 2 is 1.91 bits per heavy atom. The van der Waals surface area contributed by atoms with Gasteiger partial charge >= 0.3 is 6.18 Å². The second-order valence-electron chi connectivity index (χ2n) is 4.42. The SMILES string of the molecule is FC(F)(F)c1ccc(-n2ccc(Nc3cccnc3)n2)nc1. The maximum Gasteiger partial charge on any atom is 0.417 e. The van der Waals surface area contributed by atoms with E-state index in [-0.39, 0.29) is 0 Å². The van der Waals surface area contributed by atoms with E-state index < -0.39 is 11.7 Å². The predicted octanol–water partition coefficient (Wildman–Crippen LogP) is 3.42. The molecule has 112 valence electrons. The number of nitrogens with zero attached hydrogens (tertiary/aromatic N) is 4. The smallest absolute Gasteiger partial charge is 0.337 e. The monoisotopic (exact) mass is 305 g/mol. The summed E-state index contributed by atoms with van der Waals surface area (Å²) in [7, 11) is 0. The Kier molecular flexibility index (Phi) is 3.50. The first-order chi connectivity index (χ1) is 10.5. The van der Waals surface area contributed by atoms with Gasteiger partial charge in [-0.1, -0.05) is 0 Å². The fraction of sp³-hybridized carbons (Fsp3) is 0.0714. The minimum atomic E-state index is -4.40. The van der Waals surface area contributed by atoms with Gasteiger partial charge in [-0.3, -0.25) is 4.98 Å². The molecular formula is C14H10F3N5. The van der Waals surface area contributed by atoms with Gasteiger partial charge in [0.25, 0.3) is 0 Å². The minimum absolute atomic E-state index is 0.298. The van der Waals surface area contributed by atoms with Gasteiger partial charge in [0.1, 0.15) is 0 Å². The second kappa shape index (κ2) is 5.47. The molecule has 3 heterocycles. The van der Waals surface area contributed by atoms with Crippen LogP contribution >= 0.6 is 0 Å². The van der Waals surface area contributed by atoms with Gasteiger partial charge in [-0.25, -0.2) is 9.67 Å². The van der Waals surface area contributed by atoms with Crippen molar-refractivity contribution in [1.29, 1.82) is 0 Å². The fourth-order valence-corrected chi connectivity index (χ4v) is 1.79. The Morgan fingerprint density at radius 1 is 1.05 bits per heavy atom. The van der Waals surface area contributed by atoms with Crippen molar-refractivity contribution in [1.82, 2.24) is 19.7 Å². The lowest BCUT2D eigenvalue weighted by Gasteiger charge is -2.06. The molecule has 0 atom stereocenters. The Hall–Kier alpha value is -2.90. The number of rotatable bonds is 3. The molecule has 0 spiro atoms. The van der Waals surface area contributed by atoms with Crippen LogP contribution in [0.2, 0.25) is 0 Å². The van der Waals surface area contributed by atoms with E-state index in [4.69, 9.17) is 0 Å². The standard InChI is InChI=1S/C14H10F3N5/c15-14(16,17)10-3-4-13(19-8-10)22-7-5-12(21-22)20-11-2-1-6-18-9-11/h1-9H,(H,20,21). The molecule has 0 bridgehead atoms. The molecule has 0 aromatic carbocycles. The zero-order valence-corrected chi connectivity index (χ0v) is 11.1. The van der Waals surface area contributed by atoms with Crippen molar-refractivity contribution in [3.05, 3.63) is 60.7 Å². The van der Waals surface area contributed by atoms with Crippen LogP contribution in [0.4, 0.5) is 24.7 Å². The van der Waals surface area contributed by atoms with Crippen molar-refractivity contribution in [2.75, 3.05) is 5.32 Å². The zero-order valence-electron chi connectivity index (χ0n) is 11.1. The minimum Gasteiger partial charge on any atom is -0.337 e. The molecule has 5 nitrogen and oxygen atoms in total. The molecule has 0 aliphatic heterocycles. The summed E-state index contributed by atoms with van der Waals surface area (Å²) < 4.78 is 38.9. The highest BCUT2D eigenvalue weighted by Gasteiger charge is 2.30. The molecule has 0 fully saturated rings. The molecule has 3 rings (SSSR count). The summed E-state index contributed by atoms with van der Waals surface area (Å²) in [6, 6.07) is 7.52. The van der Waals surface area contributed by atoms with E-state index in [1.54, 1.807) is 30.7 Å². The van der Waals surface area contributed by atoms with Crippen LogP contribution in [-0.2, 0) is 6.18 Å². The van der Waals surface area contributed by atoms with Crippen LogP contribution in [0.3, 0.4) is 0 Å². The van der Waals surface area contributed by atoms with Crippen LogP contribution in [0.5, 0.6) is 0 Å². The Morgan fingerprint density at radius 3 is 2.55 bits per heavy atom. The van der Waals surface area contributed by atoms with E-state index in [0.29, 0.717) is 11.6 Å². The molecule has 3 aromatic heterocycles. The van der Waals surface area contributed by atoms with Gasteiger partial charge in [0.15, 0.2) is 11.6 Å². The van der Waals surface area contributed by atoms with Gasteiger partial charge in [-0.05, 0) is 24.3 Å². The lowest BCUT2D eigenvalue weighted by atomic mass is 10.3. The van der Waals surface area contributed by atoms with E-state index in [9.17, 15) is 13.2 Å². The quantitative estimate of drug-likeness (QED) is 0.805.